The summed E-state index contributed by atoms with van der Waals surface area (Å²) in [6, 6.07) is 8.17. The first-order valence-electron chi connectivity index (χ1n) is 4.56. The Morgan fingerprint density at radius 1 is 1.13 bits per heavy atom. The lowest BCUT2D eigenvalue weighted by molar-refractivity contribution is 1.35. The van der Waals surface area contributed by atoms with E-state index in [0.717, 1.165) is 16.4 Å². The molecule has 0 spiro atoms. The number of aromatic nitrogens is 2. The summed E-state index contributed by atoms with van der Waals surface area (Å²) in [4.78, 5) is 8.98. The summed E-state index contributed by atoms with van der Waals surface area (Å²) in [6.07, 6.45) is 1.92. The topological polar surface area (TPSA) is 28.7 Å². The van der Waals surface area contributed by atoms with Crippen LogP contribution in [-0.2, 0) is 0 Å². The summed E-state index contributed by atoms with van der Waals surface area (Å²) in [5.41, 5.74) is 2.16. The van der Waals surface area contributed by atoms with Crippen LogP contribution in [0.15, 0.2) is 41.2 Å². The van der Waals surface area contributed by atoms with Gasteiger partial charge in [-0.2, -0.15) is 0 Å². The Labute approximate surface area is 95.3 Å². The lowest BCUT2D eigenvalue weighted by atomic mass is 10.4. The van der Waals surface area contributed by atoms with Crippen molar-refractivity contribution in [1.29, 1.82) is 0 Å². The van der Waals surface area contributed by atoms with Gasteiger partial charge < -0.3 is 4.98 Å². The molecule has 3 aromatic heterocycles. The Kier molecular flexibility index (Phi) is 2.16. The van der Waals surface area contributed by atoms with Gasteiger partial charge in [0.1, 0.15) is 5.01 Å². The molecule has 0 atom stereocenters. The molecular formula is C11H8N2S2. The SMILES string of the molecule is c1c[nH]c(-c2nc(-c3cccs3)cs2)c1. The van der Waals surface area contributed by atoms with Crippen LogP contribution in [0.3, 0.4) is 0 Å². The molecule has 0 fully saturated rings. The fourth-order valence-corrected chi connectivity index (χ4v) is 2.97. The molecule has 4 heteroatoms. The number of nitrogens with one attached hydrogen (secondary N) is 1. The van der Waals surface area contributed by atoms with E-state index in [9.17, 15) is 0 Å². The van der Waals surface area contributed by atoms with Gasteiger partial charge in [0.25, 0.3) is 0 Å². The van der Waals surface area contributed by atoms with Crippen LogP contribution in [-0.4, -0.2) is 9.97 Å². The fourth-order valence-electron chi connectivity index (χ4n) is 1.40. The molecule has 0 aliphatic rings. The highest BCUT2D eigenvalue weighted by Gasteiger charge is 2.06. The molecule has 0 aliphatic carbocycles. The summed E-state index contributed by atoms with van der Waals surface area (Å²) < 4.78 is 0. The summed E-state index contributed by atoms with van der Waals surface area (Å²) in [5, 5.41) is 5.22. The molecule has 3 heterocycles. The second-order valence-electron chi connectivity index (χ2n) is 3.10. The first-order chi connectivity index (χ1) is 7.43. The predicted octanol–water partition coefficient (Wildman–Crippen LogP) is 3.87. The number of H-pyrrole nitrogens is 1. The van der Waals surface area contributed by atoms with E-state index in [1.165, 1.54) is 4.88 Å². The number of nitrogens with zero attached hydrogens (tertiary/aromatic N) is 1. The predicted molar refractivity (Wildman–Crippen MR) is 65.2 cm³/mol. The average molecular weight is 232 g/mol. The zero-order valence-electron chi connectivity index (χ0n) is 7.81. The van der Waals surface area contributed by atoms with Crippen molar-refractivity contribution in [3.63, 3.8) is 0 Å². The van der Waals surface area contributed by atoms with E-state index in [4.69, 9.17) is 0 Å². The van der Waals surface area contributed by atoms with Gasteiger partial charge >= 0.3 is 0 Å². The van der Waals surface area contributed by atoms with Crippen LogP contribution in [0.2, 0.25) is 0 Å². The molecule has 0 saturated carbocycles. The summed E-state index contributed by atoms with van der Waals surface area (Å²) >= 11 is 3.39. The molecule has 0 bridgehead atoms. The number of rotatable bonds is 2. The first-order valence-corrected chi connectivity index (χ1v) is 6.32. The Morgan fingerprint density at radius 2 is 2.13 bits per heavy atom. The van der Waals surface area contributed by atoms with Crippen molar-refractivity contribution in [2.45, 2.75) is 0 Å². The lowest BCUT2D eigenvalue weighted by Gasteiger charge is -1.89. The number of thiophene rings is 1. The van der Waals surface area contributed by atoms with Crippen molar-refractivity contribution in [1.82, 2.24) is 9.97 Å². The largest absolute Gasteiger partial charge is 0.359 e. The van der Waals surface area contributed by atoms with E-state index in [2.05, 4.69) is 26.8 Å². The first kappa shape index (κ1) is 8.88. The van der Waals surface area contributed by atoms with Crippen molar-refractivity contribution in [3.8, 4) is 21.3 Å². The van der Waals surface area contributed by atoms with Gasteiger partial charge in [-0.05, 0) is 23.6 Å². The number of hydrogen-bond donors (Lipinski definition) is 1. The monoisotopic (exact) mass is 232 g/mol. The number of aromatic amines is 1. The summed E-state index contributed by atoms with van der Waals surface area (Å²) in [6.45, 7) is 0. The van der Waals surface area contributed by atoms with Crippen LogP contribution in [0.5, 0.6) is 0 Å². The number of thiazole rings is 1. The maximum absolute atomic E-state index is 4.59. The minimum atomic E-state index is 1.04. The van der Waals surface area contributed by atoms with Gasteiger partial charge in [0, 0.05) is 11.6 Å². The Morgan fingerprint density at radius 3 is 2.87 bits per heavy atom. The molecule has 2 nitrogen and oxygen atoms in total. The molecule has 15 heavy (non-hydrogen) atoms. The van der Waals surface area contributed by atoms with Crippen molar-refractivity contribution in [3.05, 3.63) is 41.2 Å². The Balaban J connectivity index is 2.02. The molecule has 3 aromatic rings. The highest BCUT2D eigenvalue weighted by Crippen LogP contribution is 2.30. The van der Waals surface area contributed by atoms with Crippen molar-refractivity contribution in [2.24, 2.45) is 0 Å². The Hall–Kier alpha value is -1.39. The second kappa shape index (κ2) is 3.64. The van der Waals surface area contributed by atoms with Crippen molar-refractivity contribution in [2.75, 3.05) is 0 Å². The van der Waals surface area contributed by atoms with Crippen LogP contribution in [0.25, 0.3) is 21.3 Å². The maximum Gasteiger partial charge on any atom is 0.140 e. The Bertz CT molecular complexity index is 486. The van der Waals surface area contributed by atoms with E-state index in [-0.39, 0.29) is 0 Å². The molecular weight excluding hydrogens is 224 g/mol. The molecule has 0 aromatic carbocycles. The molecule has 0 aliphatic heterocycles. The van der Waals surface area contributed by atoms with Gasteiger partial charge in [0.15, 0.2) is 0 Å². The van der Waals surface area contributed by atoms with Crippen molar-refractivity contribution >= 4 is 22.7 Å². The van der Waals surface area contributed by atoms with Gasteiger partial charge in [0.2, 0.25) is 0 Å². The third-order valence-electron chi connectivity index (χ3n) is 2.11. The van der Waals surface area contributed by atoms with E-state index < -0.39 is 0 Å². The van der Waals surface area contributed by atoms with Crippen LogP contribution >= 0.6 is 22.7 Å². The second-order valence-corrected chi connectivity index (χ2v) is 4.90. The van der Waals surface area contributed by atoms with Crippen LogP contribution < -0.4 is 0 Å². The third-order valence-corrected chi connectivity index (χ3v) is 3.87. The quantitative estimate of drug-likeness (QED) is 0.714. The van der Waals surface area contributed by atoms with E-state index in [0.29, 0.717) is 0 Å². The van der Waals surface area contributed by atoms with Crippen molar-refractivity contribution < 1.29 is 0 Å². The molecule has 0 saturated heterocycles. The standard InChI is InChI=1S/C11H8N2S2/c1-3-8(12-5-1)11-13-9(7-15-11)10-4-2-6-14-10/h1-7,12H. The normalized spacial score (nSPS) is 10.7. The molecule has 0 unspecified atom stereocenters. The highest BCUT2D eigenvalue weighted by molar-refractivity contribution is 7.15. The zero-order valence-corrected chi connectivity index (χ0v) is 9.44. The molecule has 1 N–H and O–H groups in total. The van der Waals surface area contributed by atoms with Gasteiger partial charge in [-0.1, -0.05) is 6.07 Å². The molecule has 74 valence electrons. The van der Waals surface area contributed by atoms with Gasteiger partial charge in [0.05, 0.1) is 16.3 Å². The van der Waals surface area contributed by atoms with E-state index >= 15 is 0 Å². The lowest BCUT2D eigenvalue weighted by Crippen LogP contribution is -1.75. The van der Waals surface area contributed by atoms with E-state index in [1.54, 1.807) is 22.7 Å². The van der Waals surface area contributed by atoms with Gasteiger partial charge in [-0.25, -0.2) is 4.98 Å². The van der Waals surface area contributed by atoms with Crippen LogP contribution in [0.4, 0.5) is 0 Å². The average Bonchev–Trinajstić information content (AvgIpc) is 3.02. The van der Waals surface area contributed by atoms with E-state index in [1.807, 2.05) is 24.4 Å². The summed E-state index contributed by atoms with van der Waals surface area (Å²) in [7, 11) is 0. The number of hydrogen-bond acceptors (Lipinski definition) is 3. The fraction of sp³-hybridized carbons (Fsp3) is 0. The minimum Gasteiger partial charge on any atom is -0.359 e. The summed E-state index contributed by atoms with van der Waals surface area (Å²) in [5.74, 6) is 0. The molecule has 0 radical (unpaired) electrons. The molecule has 0 amide bonds. The smallest absolute Gasteiger partial charge is 0.140 e. The van der Waals surface area contributed by atoms with Gasteiger partial charge in [-0.3, -0.25) is 0 Å². The zero-order chi connectivity index (χ0) is 10.1. The highest BCUT2D eigenvalue weighted by atomic mass is 32.1. The third kappa shape index (κ3) is 1.62. The molecule has 3 rings (SSSR count). The maximum atomic E-state index is 4.59. The van der Waals surface area contributed by atoms with Crippen LogP contribution in [0.1, 0.15) is 0 Å². The van der Waals surface area contributed by atoms with Crippen LogP contribution in [0, 0.1) is 0 Å². The van der Waals surface area contributed by atoms with Gasteiger partial charge in [-0.15, -0.1) is 22.7 Å². The minimum absolute atomic E-state index is 1.04.